The van der Waals surface area contributed by atoms with Gasteiger partial charge in [-0.3, -0.25) is 20.0 Å². The molecule has 1 saturated heterocycles. The van der Waals surface area contributed by atoms with Crippen molar-refractivity contribution in [2.45, 2.75) is 18.8 Å². The molecule has 29 heavy (non-hydrogen) atoms. The van der Waals surface area contributed by atoms with E-state index in [1.807, 2.05) is 6.07 Å². The van der Waals surface area contributed by atoms with E-state index in [1.165, 1.54) is 36.4 Å². The van der Waals surface area contributed by atoms with E-state index in [2.05, 4.69) is 10.2 Å². The zero-order chi connectivity index (χ0) is 20.4. The number of benzene rings is 2. The maximum Gasteiger partial charge on any atom is 0.269 e. The molecule has 1 N–H and O–H groups in total. The first-order chi connectivity index (χ1) is 14.0. The van der Waals surface area contributed by atoms with Crippen LogP contribution in [0, 0.1) is 15.9 Å². The molecule has 1 atom stereocenters. The van der Waals surface area contributed by atoms with Crippen molar-refractivity contribution in [3.63, 3.8) is 0 Å². The first kappa shape index (κ1) is 18.8. The summed E-state index contributed by atoms with van der Waals surface area (Å²) in [5.41, 5.74) is 2.93. The summed E-state index contributed by atoms with van der Waals surface area (Å²) in [6.07, 6.45) is 1.79. The summed E-state index contributed by atoms with van der Waals surface area (Å²) in [5, 5.41) is 18.2. The predicted octanol–water partition coefficient (Wildman–Crippen LogP) is 4.14. The third-order valence-corrected chi connectivity index (χ3v) is 5.21. The average Bonchev–Trinajstić information content (AvgIpc) is 3.24. The fourth-order valence-electron chi connectivity index (χ4n) is 3.64. The number of nitrogens with zero attached hydrogens (tertiary/aromatic N) is 3. The SMILES string of the molecule is O=C(c1ccc(F)cc1)N1CCC[C@H](c2cc(-c3ccc([N+](=O)[O-])cc3)n[nH]2)C1. The Kier molecular flexibility index (Phi) is 5.07. The smallest absolute Gasteiger partial charge is 0.269 e. The number of H-pyrrole nitrogens is 1. The van der Waals surface area contributed by atoms with E-state index < -0.39 is 4.92 Å². The topological polar surface area (TPSA) is 92.1 Å². The number of likely N-dealkylation sites (tertiary alicyclic amines) is 1. The fourth-order valence-corrected chi connectivity index (χ4v) is 3.64. The van der Waals surface area contributed by atoms with Crippen LogP contribution < -0.4 is 0 Å². The Morgan fingerprint density at radius 2 is 1.90 bits per heavy atom. The van der Waals surface area contributed by atoms with Gasteiger partial charge in [0, 0.05) is 48.0 Å². The van der Waals surface area contributed by atoms with Crippen molar-refractivity contribution in [3.05, 3.63) is 81.8 Å². The lowest BCUT2D eigenvalue weighted by Gasteiger charge is -2.32. The van der Waals surface area contributed by atoms with Crippen molar-refractivity contribution in [2.24, 2.45) is 0 Å². The molecule has 2 aromatic carbocycles. The molecular weight excluding hydrogens is 375 g/mol. The summed E-state index contributed by atoms with van der Waals surface area (Å²) in [6, 6.07) is 13.8. The van der Waals surface area contributed by atoms with Gasteiger partial charge in [0.05, 0.1) is 10.6 Å². The zero-order valence-electron chi connectivity index (χ0n) is 15.5. The van der Waals surface area contributed by atoms with Crippen molar-refractivity contribution in [2.75, 3.05) is 13.1 Å². The van der Waals surface area contributed by atoms with Gasteiger partial charge in [0.2, 0.25) is 0 Å². The molecule has 1 fully saturated rings. The Hall–Kier alpha value is -3.55. The summed E-state index contributed by atoms with van der Waals surface area (Å²) in [4.78, 5) is 24.9. The van der Waals surface area contributed by atoms with Gasteiger partial charge in [-0.25, -0.2) is 4.39 Å². The van der Waals surface area contributed by atoms with Gasteiger partial charge in [-0.1, -0.05) is 0 Å². The normalized spacial score (nSPS) is 16.6. The van der Waals surface area contributed by atoms with Gasteiger partial charge in [-0.2, -0.15) is 5.10 Å². The van der Waals surface area contributed by atoms with E-state index >= 15 is 0 Å². The highest BCUT2D eigenvalue weighted by atomic mass is 19.1. The van der Waals surface area contributed by atoms with Crippen molar-refractivity contribution < 1.29 is 14.1 Å². The Morgan fingerprint density at radius 1 is 1.17 bits per heavy atom. The van der Waals surface area contributed by atoms with Crippen LogP contribution in [0.4, 0.5) is 10.1 Å². The van der Waals surface area contributed by atoms with Crippen molar-refractivity contribution in [1.82, 2.24) is 15.1 Å². The van der Waals surface area contributed by atoms with Crippen LogP contribution in [0.25, 0.3) is 11.3 Å². The summed E-state index contributed by atoms with van der Waals surface area (Å²) in [6.45, 7) is 1.22. The van der Waals surface area contributed by atoms with Gasteiger partial charge >= 0.3 is 0 Å². The van der Waals surface area contributed by atoms with Crippen molar-refractivity contribution >= 4 is 11.6 Å². The Bertz CT molecular complexity index is 1030. The number of hydrogen-bond acceptors (Lipinski definition) is 4. The molecule has 1 aliphatic rings. The largest absolute Gasteiger partial charge is 0.338 e. The lowest BCUT2D eigenvalue weighted by molar-refractivity contribution is -0.384. The molecule has 2 heterocycles. The highest BCUT2D eigenvalue weighted by Gasteiger charge is 2.27. The second kappa shape index (κ2) is 7.83. The molecule has 3 aromatic rings. The molecule has 7 nitrogen and oxygen atoms in total. The molecular formula is C21H19FN4O3. The number of carbonyl (C=O) groups excluding carboxylic acids is 1. The van der Waals surface area contributed by atoms with Crippen LogP contribution in [0.2, 0.25) is 0 Å². The van der Waals surface area contributed by atoms with E-state index in [-0.39, 0.29) is 23.3 Å². The van der Waals surface area contributed by atoms with Gasteiger partial charge < -0.3 is 4.90 Å². The number of piperidine rings is 1. The van der Waals surface area contributed by atoms with Crippen LogP contribution in [-0.2, 0) is 0 Å². The third-order valence-electron chi connectivity index (χ3n) is 5.21. The van der Waals surface area contributed by atoms with Gasteiger partial charge in [-0.15, -0.1) is 0 Å². The molecule has 0 unspecified atom stereocenters. The van der Waals surface area contributed by atoms with Crippen molar-refractivity contribution in [3.8, 4) is 11.3 Å². The minimum atomic E-state index is -0.436. The van der Waals surface area contributed by atoms with Crippen LogP contribution in [0.5, 0.6) is 0 Å². The second-order valence-corrected chi connectivity index (χ2v) is 7.11. The molecule has 1 amide bonds. The molecule has 0 radical (unpaired) electrons. The van der Waals surface area contributed by atoms with Crippen molar-refractivity contribution in [1.29, 1.82) is 0 Å². The van der Waals surface area contributed by atoms with Gasteiger partial charge in [0.15, 0.2) is 0 Å². The number of nitrogens with one attached hydrogen (secondary N) is 1. The Balaban J connectivity index is 1.48. The second-order valence-electron chi connectivity index (χ2n) is 7.11. The number of non-ortho nitro benzene ring substituents is 1. The summed E-state index contributed by atoms with van der Waals surface area (Å²) >= 11 is 0. The molecule has 1 aromatic heterocycles. The number of nitro groups is 1. The van der Waals surface area contributed by atoms with Gasteiger partial charge in [0.1, 0.15) is 5.82 Å². The van der Waals surface area contributed by atoms with Gasteiger partial charge in [-0.05, 0) is 55.3 Å². The predicted molar refractivity (Wildman–Crippen MR) is 105 cm³/mol. The molecule has 8 heteroatoms. The van der Waals surface area contributed by atoms with E-state index in [0.29, 0.717) is 24.3 Å². The average molecular weight is 394 g/mol. The van der Waals surface area contributed by atoms with E-state index in [0.717, 1.165) is 24.1 Å². The number of halogens is 1. The monoisotopic (exact) mass is 394 g/mol. The van der Waals surface area contributed by atoms with Crippen LogP contribution >= 0.6 is 0 Å². The molecule has 148 valence electrons. The number of hydrogen-bond donors (Lipinski definition) is 1. The first-order valence-corrected chi connectivity index (χ1v) is 9.36. The lowest BCUT2D eigenvalue weighted by Crippen LogP contribution is -2.39. The Labute approximate surface area is 166 Å². The molecule has 0 spiro atoms. The minimum Gasteiger partial charge on any atom is -0.338 e. The number of rotatable bonds is 4. The molecule has 0 aliphatic carbocycles. The quantitative estimate of drug-likeness (QED) is 0.532. The Morgan fingerprint density at radius 3 is 2.59 bits per heavy atom. The van der Waals surface area contributed by atoms with Crippen LogP contribution in [0.1, 0.15) is 34.8 Å². The van der Waals surface area contributed by atoms with E-state index in [1.54, 1.807) is 17.0 Å². The van der Waals surface area contributed by atoms with Gasteiger partial charge in [0.25, 0.3) is 11.6 Å². The molecule has 1 aliphatic heterocycles. The fraction of sp³-hybridized carbons (Fsp3) is 0.238. The maximum absolute atomic E-state index is 13.1. The number of aromatic amines is 1. The summed E-state index contributed by atoms with van der Waals surface area (Å²) in [7, 11) is 0. The van der Waals surface area contributed by atoms with E-state index in [9.17, 15) is 19.3 Å². The number of carbonyl (C=O) groups is 1. The lowest BCUT2D eigenvalue weighted by atomic mass is 9.94. The van der Waals surface area contributed by atoms with Crippen LogP contribution in [0.3, 0.4) is 0 Å². The maximum atomic E-state index is 13.1. The molecule has 4 rings (SSSR count). The minimum absolute atomic E-state index is 0.0340. The summed E-state index contributed by atoms with van der Waals surface area (Å²) < 4.78 is 13.1. The highest BCUT2D eigenvalue weighted by molar-refractivity contribution is 5.94. The standard InChI is InChI=1S/C21H19FN4O3/c22-17-7-3-15(4-8-17)21(27)25-11-1-2-16(13-25)20-12-19(23-24-20)14-5-9-18(10-6-14)26(28)29/h3-10,12,16H,1-2,11,13H2,(H,23,24)/t16-/m0/s1. The third kappa shape index (κ3) is 4.01. The number of amides is 1. The molecule has 0 saturated carbocycles. The number of nitro benzene ring substituents is 1. The number of aromatic nitrogens is 2. The van der Waals surface area contributed by atoms with Crippen LogP contribution in [-0.4, -0.2) is 39.0 Å². The summed E-state index contributed by atoms with van der Waals surface area (Å²) in [5.74, 6) is -0.355. The highest BCUT2D eigenvalue weighted by Crippen LogP contribution is 2.29. The van der Waals surface area contributed by atoms with Crippen LogP contribution in [0.15, 0.2) is 54.6 Å². The zero-order valence-corrected chi connectivity index (χ0v) is 15.5. The van der Waals surface area contributed by atoms with E-state index in [4.69, 9.17) is 0 Å². The molecule has 0 bridgehead atoms. The first-order valence-electron chi connectivity index (χ1n) is 9.36.